The van der Waals surface area contributed by atoms with Crippen LogP contribution in [0.3, 0.4) is 0 Å². The number of pyridine rings is 1. The van der Waals surface area contributed by atoms with Gasteiger partial charge >= 0.3 is 0 Å². The average Bonchev–Trinajstić information content (AvgIpc) is 2.84. The van der Waals surface area contributed by atoms with Crippen molar-refractivity contribution in [1.82, 2.24) is 9.88 Å². The molecule has 0 bridgehead atoms. The van der Waals surface area contributed by atoms with Gasteiger partial charge in [-0.15, -0.1) is 0 Å². The van der Waals surface area contributed by atoms with E-state index in [2.05, 4.69) is 4.98 Å². The van der Waals surface area contributed by atoms with E-state index < -0.39 is 0 Å². The molecule has 30 heavy (non-hydrogen) atoms. The lowest BCUT2D eigenvalue weighted by Crippen LogP contribution is -2.37. The van der Waals surface area contributed by atoms with Gasteiger partial charge in [-0.25, -0.2) is 4.98 Å². The van der Waals surface area contributed by atoms with Gasteiger partial charge in [0.25, 0.3) is 5.91 Å². The van der Waals surface area contributed by atoms with E-state index in [0.29, 0.717) is 29.4 Å². The van der Waals surface area contributed by atoms with Crippen molar-refractivity contribution in [3.63, 3.8) is 0 Å². The number of hydrogen-bond acceptors (Lipinski definition) is 5. The SMILES string of the molecule is COc1cccc(CN2CC(=O)N(C)c3cc(-c4ccnc(N)c4)ccc3C2=O)c1. The lowest BCUT2D eigenvalue weighted by atomic mass is 10.0. The molecule has 2 amide bonds. The van der Waals surface area contributed by atoms with E-state index in [-0.39, 0.29) is 18.4 Å². The molecule has 0 saturated heterocycles. The first-order valence-electron chi connectivity index (χ1n) is 9.51. The van der Waals surface area contributed by atoms with Crippen molar-refractivity contribution in [1.29, 1.82) is 0 Å². The zero-order chi connectivity index (χ0) is 21.3. The molecule has 1 aromatic heterocycles. The highest BCUT2D eigenvalue weighted by Crippen LogP contribution is 2.31. The monoisotopic (exact) mass is 402 g/mol. The number of methoxy groups -OCH3 is 1. The lowest BCUT2D eigenvalue weighted by molar-refractivity contribution is -0.118. The summed E-state index contributed by atoms with van der Waals surface area (Å²) in [6.45, 7) is 0.316. The van der Waals surface area contributed by atoms with Gasteiger partial charge in [0.2, 0.25) is 5.91 Å². The maximum absolute atomic E-state index is 13.3. The first kappa shape index (κ1) is 19.4. The van der Waals surface area contributed by atoms with Crippen LogP contribution in [0.4, 0.5) is 11.5 Å². The Bertz CT molecular complexity index is 1130. The van der Waals surface area contributed by atoms with Crippen LogP contribution < -0.4 is 15.4 Å². The molecule has 3 aromatic rings. The molecule has 0 saturated carbocycles. The summed E-state index contributed by atoms with van der Waals surface area (Å²) in [6, 6.07) is 16.5. The first-order valence-corrected chi connectivity index (χ1v) is 9.51. The Balaban J connectivity index is 1.70. The minimum atomic E-state index is -0.189. The number of fused-ring (bicyclic) bond motifs is 1. The maximum Gasteiger partial charge on any atom is 0.256 e. The van der Waals surface area contributed by atoms with E-state index in [1.165, 1.54) is 4.90 Å². The van der Waals surface area contributed by atoms with Gasteiger partial charge in [-0.05, 0) is 53.1 Å². The molecule has 4 rings (SSSR count). The normalized spacial score (nSPS) is 13.8. The number of hydrogen-bond donors (Lipinski definition) is 1. The van der Waals surface area contributed by atoms with Crippen molar-refractivity contribution in [2.45, 2.75) is 6.54 Å². The van der Waals surface area contributed by atoms with Gasteiger partial charge in [-0.2, -0.15) is 0 Å². The predicted octanol–water partition coefficient (Wildman–Crippen LogP) is 2.96. The van der Waals surface area contributed by atoms with Crippen LogP contribution in [0.5, 0.6) is 5.75 Å². The van der Waals surface area contributed by atoms with Crippen LogP contribution in [0.2, 0.25) is 0 Å². The number of nitrogens with two attached hydrogens (primary N) is 1. The molecule has 0 radical (unpaired) electrons. The average molecular weight is 402 g/mol. The highest BCUT2D eigenvalue weighted by Gasteiger charge is 2.30. The van der Waals surface area contributed by atoms with E-state index in [1.807, 2.05) is 42.5 Å². The van der Waals surface area contributed by atoms with E-state index >= 15 is 0 Å². The number of rotatable bonds is 4. The Morgan fingerprint density at radius 1 is 1.07 bits per heavy atom. The largest absolute Gasteiger partial charge is 0.497 e. The molecule has 7 nitrogen and oxygen atoms in total. The Kier molecular flexibility index (Phi) is 5.10. The number of nitrogen functional groups attached to an aromatic ring is 1. The van der Waals surface area contributed by atoms with Gasteiger partial charge in [0.1, 0.15) is 18.1 Å². The summed E-state index contributed by atoms with van der Waals surface area (Å²) < 4.78 is 5.26. The molecule has 2 heterocycles. The molecule has 0 spiro atoms. The van der Waals surface area contributed by atoms with Crippen LogP contribution in [-0.2, 0) is 11.3 Å². The fourth-order valence-electron chi connectivity index (χ4n) is 3.56. The molecule has 1 aliphatic heterocycles. The second-order valence-corrected chi connectivity index (χ2v) is 7.17. The van der Waals surface area contributed by atoms with Gasteiger partial charge in [-0.1, -0.05) is 18.2 Å². The molecule has 0 atom stereocenters. The number of amides is 2. The van der Waals surface area contributed by atoms with Crippen LogP contribution >= 0.6 is 0 Å². The minimum Gasteiger partial charge on any atom is -0.497 e. The van der Waals surface area contributed by atoms with Gasteiger partial charge in [0, 0.05) is 19.8 Å². The van der Waals surface area contributed by atoms with Gasteiger partial charge in [0.05, 0.1) is 18.4 Å². The molecule has 152 valence electrons. The second-order valence-electron chi connectivity index (χ2n) is 7.17. The van der Waals surface area contributed by atoms with Crippen molar-refractivity contribution >= 4 is 23.3 Å². The molecule has 2 aromatic carbocycles. The molecule has 0 aliphatic carbocycles. The highest BCUT2D eigenvalue weighted by molar-refractivity contribution is 6.10. The zero-order valence-electron chi connectivity index (χ0n) is 16.8. The third kappa shape index (κ3) is 3.69. The van der Waals surface area contributed by atoms with Crippen molar-refractivity contribution in [2.24, 2.45) is 0 Å². The number of carbonyl (C=O) groups excluding carboxylic acids is 2. The number of benzene rings is 2. The van der Waals surface area contributed by atoms with Crippen molar-refractivity contribution in [3.8, 4) is 16.9 Å². The fraction of sp³-hybridized carbons (Fsp3) is 0.174. The molecule has 2 N–H and O–H groups in total. The summed E-state index contributed by atoms with van der Waals surface area (Å²) in [6.07, 6.45) is 1.63. The summed E-state index contributed by atoms with van der Waals surface area (Å²) in [4.78, 5) is 33.2. The van der Waals surface area contributed by atoms with Crippen LogP contribution in [0.25, 0.3) is 11.1 Å². The Morgan fingerprint density at radius 3 is 2.63 bits per heavy atom. The predicted molar refractivity (Wildman–Crippen MR) is 115 cm³/mol. The number of nitrogens with zero attached hydrogens (tertiary/aromatic N) is 3. The number of aromatic nitrogens is 1. The number of carbonyl (C=O) groups is 2. The third-order valence-electron chi connectivity index (χ3n) is 5.20. The quantitative estimate of drug-likeness (QED) is 0.725. The third-order valence-corrected chi connectivity index (χ3v) is 5.20. The molecule has 1 aliphatic rings. The second kappa shape index (κ2) is 7.87. The van der Waals surface area contributed by atoms with Crippen LogP contribution in [0.1, 0.15) is 15.9 Å². The van der Waals surface area contributed by atoms with E-state index in [1.54, 1.807) is 37.4 Å². The number of anilines is 2. The molecular formula is C23H22N4O3. The number of ether oxygens (including phenoxy) is 1. The zero-order valence-corrected chi connectivity index (χ0v) is 16.8. The standard InChI is InChI=1S/C23H22N4O3/c1-26-20-11-16(17-8-9-25-21(24)12-17)6-7-19(20)23(29)27(14-22(26)28)13-15-4-3-5-18(10-15)30-2/h3-12H,13-14H2,1-2H3,(H2,24,25). The van der Waals surface area contributed by atoms with Gasteiger partial charge in [-0.3, -0.25) is 9.59 Å². The molecular weight excluding hydrogens is 380 g/mol. The summed E-state index contributed by atoms with van der Waals surface area (Å²) >= 11 is 0. The smallest absolute Gasteiger partial charge is 0.256 e. The lowest BCUT2D eigenvalue weighted by Gasteiger charge is -2.20. The van der Waals surface area contributed by atoms with E-state index in [4.69, 9.17) is 10.5 Å². The molecule has 7 heteroatoms. The number of likely N-dealkylation sites (N-methyl/N-ethyl adjacent to an activating group) is 1. The first-order chi connectivity index (χ1) is 14.5. The van der Waals surface area contributed by atoms with Crippen molar-refractivity contribution in [2.75, 3.05) is 31.3 Å². The van der Waals surface area contributed by atoms with Gasteiger partial charge < -0.3 is 20.3 Å². The van der Waals surface area contributed by atoms with Gasteiger partial charge in [0.15, 0.2) is 0 Å². The van der Waals surface area contributed by atoms with Crippen molar-refractivity contribution in [3.05, 3.63) is 71.9 Å². The van der Waals surface area contributed by atoms with E-state index in [0.717, 1.165) is 16.7 Å². The van der Waals surface area contributed by atoms with Crippen LogP contribution in [0, 0.1) is 0 Å². The topological polar surface area (TPSA) is 88.8 Å². The van der Waals surface area contributed by atoms with Crippen LogP contribution in [-0.4, -0.2) is 42.4 Å². The van der Waals surface area contributed by atoms with Crippen molar-refractivity contribution < 1.29 is 14.3 Å². The molecule has 0 fully saturated rings. The maximum atomic E-state index is 13.3. The summed E-state index contributed by atoms with van der Waals surface area (Å²) in [5.41, 5.74) is 9.48. The van der Waals surface area contributed by atoms with E-state index in [9.17, 15) is 9.59 Å². The highest BCUT2D eigenvalue weighted by atomic mass is 16.5. The Morgan fingerprint density at radius 2 is 1.87 bits per heavy atom. The Hall–Kier alpha value is -3.87. The summed E-state index contributed by atoms with van der Waals surface area (Å²) in [5.74, 6) is 0.773. The molecule has 0 unspecified atom stereocenters. The van der Waals surface area contributed by atoms with Crippen LogP contribution in [0.15, 0.2) is 60.8 Å². The Labute approximate surface area is 174 Å². The minimum absolute atomic E-state index is 0.00123. The summed E-state index contributed by atoms with van der Waals surface area (Å²) in [5, 5.41) is 0. The summed E-state index contributed by atoms with van der Waals surface area (Å²) in [7, 11) is 3.28. The fourth-order valence-corrected chi connectivity index (χ4v) is 3.56.